The molecule has 0 aromatic heterocycles. The summed E-state index contributed by atoms with van der Waals surface area (Å²) in [5.41, 5.74) is 0.400. The van der Waals surface area contributed by atoms with E-state index in [2.05, 4.69) is 5.32 Å². The molecule has 1 aliphatic carbocycles. The Morgan fingerprint density at radius 2 is 1.66 bits per heavy atom. The summed E-state index contributed by atoms with van der Waals surface area (Å²) in [6.45, 7) is 7.66. The van der Waals surface area contributed by atoms with Crippen molar-refractivity contribution in [3.63, 3.8) is 0 Å². The second kappa shape index (κ2) is 10.7. The largest absolute Gasteiger partial charge is 0.445 e. The topological polar surface area (TPSA) is 88.2 Å². The average Bonchev–Trinajstić information content (AvgIpc) is 2.76. The summed E-state index contributed by atoms with van der Waals surface area (Å²) in [7, 11) is 0. The fourth-order valence-electron chi connectivity index (χ4n) is 4.20. The Morgan fingerprint density at radius 3 is 2.31 bits per heavy atom. The van der Waals surface area contributed by atoms with Gasteiger partial charge in [-0.05, 0) is 45.6 Å². The van der Waals surface area contributed by atoms with Gasteiger partial charge in [0.1, 0.15) is 12.2 Å². The third-order valence-corrected chi connectivity index (χ3v) is 5.80. The maximum atomic E-state index is 13.0. The molecular formula is C24H35N3O5. The molecule has 2 atom stereocenters. The van der Waals surface area contributed by atoms with Crippen LogP contribution in [0.25, 0.3) is 0 Å². The van der Waals surface area contributed by atoms with E-state index >= 15 is 0 Å². The van der Waals surface area contributed by atoms with E-state index in [-0.39, 0.29) is 30.6 Å². The number of piperazine rings is 1. The quantitative estimate of drug-likeness (QED) is 0.766. The molecule has 2 aliphatic rings. The first-order valence-electron chi connectivity index (χ1n) is 11.5. The predicted molar refractivity (Wildman–Crippen MR) is 120 cm³/mol. The highest BCUT2D eigenvalue weighted by atomic mass is 16.6. The molecule has 3 amide bonds. The van der Waals surface area contributed by atoms with E-state index in [9.17, 15) is 14.4 Å². The molecule has 32 heavy (non-hydrogen) atoms. The Labute approximate surface area is 190 Å². The van der Waals surface area contributed by atoms with Gasteiger partial charge in [0.25, 0.3) is 0 Å². The van der Waals surface area contributed by atoms with Crippen LogP contribution in [0.2, 0.25) is 0 Å². The van der Waals surface area contributed by atoms with Gasteiger partial charge in [0.05, 0.1) is 0 Å². The second-order valence-corrected chi connectivity index (χ2v) is 9.56. The molecule has 1 heterocycles. The van der Waals surface area contributed by atoms with Crippen molar-refractivity contribution in [3.8, 4) is 0 Å². The summed E-state index contributed by atoms with van der Waals surface area (Å²) in [4.78, 5) is 40.9. The fraction of sp³-hybridized carbons (Fsp3) is 0.625. The van der Waals surface area contributed by atoms with Crippen molar-refractivity contribution in [2.75, 3.05) is 26.2 Å². The third kappa shape index (κ3) is 7.14. The van der Waals surface area contributed by atoms with Gasteiger partial charge in [0.15, 0.2) is 0 Å². The van der Waals surface area contributed by atoms with Gasteiger partial charge in [-0.1, -0.05) is 36.8 Å². The number of hydrogen-bond acceptors (Lipinski definition) is 5. The minimum Gasteiger partial charge on any atom is -0.445 e. The van der Waals surface area contributed by atoms with E-state index < -0.39 is 11.7 Å². The van der Waals surface area contributed by atoms with Gasteiger partial charge in [-0.15, -0.1) is 0 Å². The Hall–Kier alpha value is -2.77. The molecular weight excluding hydrogens is 410 g/mol. The zero-order valence-corrected chi connectivity index (χ0v) is 19.3. The number of hydrogen-bond donors (Lipinski definition) is 1. The molecule has 0 radical (unpaired) electrons. The van der Waals surface area contributed by atoms with Crippen LogP contribution in [0.1, 0.15) is 52.0 Å². The van der Waals surface area contributed by atoms with Crippen molar-refractivity contribution in [1.82, 2.24) is 15.1 Å². The molecule has 3 rings (SSSR count). The summed E-state index contributed by atoms with van der Waals surface area (Å²) in [5, 5.41) is 2.91. The van der Waals surface area contributed by atoms with Crippen molar-refractivity contribution in [1.29, 1.82) is 0 Å². The molecule has 0 spiro atoms. The van der Waals surface area contributed by atoms with Gasteiger partial charge in [-0.25, -0.2) is 9.59 Å². The first-order valence-corrected chi connectivity index (χ1v) is 11.5. The number of amides is 3. The zero-order valence-electron chi connectivity index (χ0n) is 19.3. The number of ether oxygens (including phenoxy) is 2. The first-order chi connectivity index (χ1) is 15.2. The van der Waals surface area contributed by atoms with Crippen LogP contribution in [-0.4, -0.2) is 65.7 Å². The monoisotopic (exact) mass is 445 g/mol. The van der Waals surface area contributed by atoms with Crippen LogP contribution in [0.4, 0.5) is 9.59 Å². The van der Waals surface area contributed by atoms with Gasteiger partial charge in [0.2, 0.25) is 5.91 Å². The lowest BCUT2D eigenvalue weighted by molar-refractivity contribution is -0.138. The van der Waals surface area contributed by atoms with Crippen LogP contribution in [0, 0.1) is 5.92 Å². The third-order valence-electron chi connectivity index (χ3n) is 5.80. The lowest BCUT2D eigenvalue weighted by Crippen LogP contribution is -2.53. The Kier molecular flexibility index (Phi) is 7.99. The number of carbonyl (C=O) groups is 3. The molecule has 0 unspecified atom stereocenters. The number of benzene rings is 1. The van der Waals surface area contributed by atoms with Gasteiger partial charge in [0, 0.05) is 38.1 Å². The van der Waals surface area contributed by atoms with Crippen molar-refractivity contribution in [3.05, 3.63) is 35.9 Å². The molecule has 1 saturated heterocycles. The molecule has 176 valence electrons. The minimum atomic E-state index is -0.546. The normalized spacial score (nSPS) is 21.6. The molecule has 1 aromatic rings. The van der Waals surface area contributed by atoms with E-state index in [0.717, 1.165) is 24.8 Å². The summed E-state index contributed by atoms with van der Waals surface area (Å²) in [6.07, 6.45) is 2.41. The SMILES string of the molecule is CC(C)(C)OC(=O)N[C@@H]1CCC[C@H](C(=O)N2CCN(C(=O)OCc3ccccc3)CC2)C1. The smallest absolute Gasteiger partial charge is 0.410 e. The molecule has 8 nitrogen and oxygen atoms in total. The van der Waals surface area contributed by atoms with Crippen LogP contribution in [0.5, 0.6) is 0 Å². The van der Waals surface area contributed by atoms with Crippen LogP contribution < -0.4 is 5.32 Å². The molecule has 1 aromatic carbocycles. The van der Waals surface area contributed by atoms with Gasteiger partial charge in [-0.3, -0.25) is 4.79 Å². The fourth-order valence-corrected chi connectivity index (χ4v) is 4.20. The molecule has 2 fully saturated rings. The predicted octanol–water partition coefficient (Wildman–Crippen LogP) is 3.55. The number of nitrogens with zero attached hydrogens (tertiary/aromatic N) is 2. The maximum Gasteiger partial charge on any atom is 0.410 e. The Morgan fingerprint density at radius 1 is 1.00 bits per heavy atom. The molecule has 1 N–H and O–H groups in total. The summed E-state index contributed by atoms with van der Waals surface area (Å²) in [6, 6.07) is 9.52. The van der Waals surface area contributed by atoms with Crippen molar-refractivity contribution >= 4 is 18.1 Å². The zero-order chi connectivity index (χ0) is 23.1. The highest BCUT2D eigenvalue weighted by Crippen LogP contribution is 2.27. The summed E-state index contributed by atoms with van der Waals surface area (Å²) >= 11 is 0. The van der Waals surface area contributed by atoms with E-state index in [1.54, 1.807) is 4.90 Å². The highest BCUT2D eigenvalue weighted by molar-refractivity contribution is 5.79. The number of nitrogens with one attached hydrogen (secondary N) is 1. The Balaban J connectivity index is 1.42. The average molecular weight is 446 g/mol. The van der Waals surface area contributed by atoms with Crippen LogP contribution in [0.3, 0.4) is 0 Å². The second-order valence-electron chi connectivity index (χ2n) is 9.56. The van der Waals surface area contributed by atoms with E-state index in [1.807, 2.05) is 56.0 Å². The van der Waals surface area contributed by atoms with Gasteiger partial charge >= 0.3 is 12.2 Å². The number of rotatable bonds is 4. The Bertz CT molecular complexity index is 785. The molecule has 8 heteroatoms. The van der Waals surface area contributed by atoms with Crippen molar-refractivity contribution in [2.45, 2.75) is 64.7 Å². The van der Waals surface area contributed by atoms with Crippen LogP contribution >= 0.6 is 0 Å². The van der Waals surface area contributed by atoms with Crippen molar-refractivity contribution in [2.24, 2.45) is 5.92 Å². The van der Waals surface area contributed by atoms with Crippen LogP contribution in [0.15, 0.2) is 30.3 Å². The standard InChI is InChI=1S/C24H35N3O5/c1-24(2,3)32-22(29)25-20-11-7-10-19(16-20)21(28)26-12-14-27(15-13-26)23(30)31-17-18-8-5-4-6-9-18/h4-6,8-9,19-20H,7,10-17H2,1-3H3,(H,25,29)/t19-,20+/m0/s1. The van der Waals surface area contributed by atoms with Gasteiger partial charge < -0.3 is 24.6 Å². The summed E-state index contributed by atoms with van der Waals surface area (Å²) < 4.78 is 10.7. The van der Waals surface area contributed by atoms with E-state index in [1.165, 1.54) is 0 Å². The lowest BCUT2D eigenvalue weighted by atomic mass is 9.84. The number of alkyl carbamates (subject to hydrolysis) is 1. The number of carbonyl (C=O) groups excluding carboxylic acids is 3. The summed E-state index contributed by atoms with van der Waals surface area (Å²) in [5.74, 6) is -0.00161. The molecule has 0 bridgehead atoms. The first kappa shape index (κ1) is 23.9. The van der Waals surface area contributed by atoms with E-state index in [0.29, 0.717) is 32.6 Å². The maximum absolute atomic E-state index is 13.0. The highest BCUT2D eigenvalue weighted by Gasteiger charge is 2.33. The molecule has 1 saturated carbocycles. The van der Waals surface area contributed by atoms with Crippen LogP contribution in [-0.2, 0) is 20.9 Å². The molecule has 1 aliphatic heterocycles. The minimum absolute atomic E-state index is 0.0539. The van der Waals surface area contributed by atoms with Gasteiger partial charge in [-0.2, -0.15) is 0 Å². The lowest BCUT2D eigenvalue weighted by Gasteiger charge is -2.37. The van der Waals surface area contributed by atoms with Crippen molar-refractivity contribution < 1.29 is 23.9 Å². The van der Waals surface area contributed by atoms with E-state index in [4.69, 9.17) is 9.47 Å².